The van der Waals surface area contributed by atoms with Crippen molar-refractivity contribution in [2.45, 2.75) is 71.4 Å². The summed E-state index contributed by atoms with van der Waals surface area (Å²) in [6, 6.07) is 7.40. The SMILES string of the molecule is CCOC1CCN(C(C=C(C)C)CC(C)(C)c2ccc(F)cc2)CC1. The zero-order valence-corrected chi connectivity index (χ0v) is 16.5. The third-order valence-corrected chi connectivity index (χ3v) is 5.22. The summed E-state index contributed by atoms with van der Waals surface area (Å²) in [6.07, 6.45) is 6.06. The molecular weight excluding hydrogens is 313 g/mol. The summed E-state index contributed by atoms with van der Waals surface area (Å²) in [4.78, 5) is 2.59. The largest absolute Gasteiger partial charge is 0.378 e. The number of halogens is 1. The van der Waals surface area contributed by atoms with Crippen molar-refractivity contribution in [1.29, 1.82) is 0 Å². The number of hydrogen-bond donors (Lipinski definition) is 0. The van der Waals surface area contributed by atoms with E-state index in [1.807, 2.05) is 12.1 Å². The average molecular weight is 348 g/mol. The predicted octanol–water partition coefficient (Wildman–Crippen LogP) is 5.33. The molecule has 0 bridgehead atoms. The van der Waals surface area contributed by atoms with Crippen molar-refractivity contribution in [3.63, 3.8) is 0 Å². The maximum Gasteiger partial charge on any atom is 0.123 e. The Balaban J connectivity index is 2.10. The smallest absolute Gasteiger partial charge is 0.123 e. The number of nitrogens with zero attached hydrogens (tertiary/aromatic N) is 1. The number of rotatable bonds is 7. The molecule has 1 unspecified atom stereocenters. The van der Waals surface area contributed by atoms with E-state index in [2.05, 4.69) is 45.6 Å². The second-order valence-corrected chi connectivity index (χ2v) is 8.10. The van der Waals surface area contributed by atoms with E-state index in [4.69, 9.17) is 4.74 Å². The minimum atomic E-state index is -0.168. The van der Waals surface area contributed by atoms with Crippen LogP contribution in [-0.4, -0.2) is 36.7 Å². The van der Waals surface area contributed by atoms with Gasteiger partial charge in [-0.15, -0.1) is 0 Å². The Morgan fingerprint density at radius 2 is 1.84 bits per heavy atom. The predicted molar refractivity (Wildman–Crippen MR) is 103 cm³/mol. The van der Waals surface area contributed by atoms with Gasteiger partial charge >= 0.3 is 0 Å². The Bertz CT molecular complexity index is 552. The van der Waals surface area contributed by atoms with Crippen LogP contribution in [0.5, 0.6) is 0 Å². The van der Waals surface area contributed by atoms with Gasteiger partial charge in [-0.3, -0.25) is 4.90 Å². The first-order valence-electron chi connectivity index (χ1n) is 9.58. The number of hydrogen-bond acceptors (Lipinski definition) is 2. The molecule has 1 aliphatic rings. The van der Waals surface area contributed by atoms with Gasteiger partial charge in [0.15, 0.2) is 0 Å². The zero-order valence-electron chi connectivity index (χ0n) is 16.5. The first kappa shape index (κ1) is 20.1. The molecule has 0 radical (unpaired) electrons. The van der Waals surface area contributed by atoms with Gasteiger partial charge in [-0.25, -0.2) is 4.39 Å². The van der Waals surface area contributed by atoms with Crippen LogP contribution in [0.3, 0.4) is 0 Å². The lowest BCUT2D eigenvalue weighted by molar-refractivity contribution is 0.00616. The highest BCUT2D eigenvalue weighted by Gasteiger charge is 2.30. The Hall–Kier alpha value is -1.19. The fraction of sp³-hybridized carbons (Fsp3) is 0.636. The molecule has 1 aliphatic heterocycles. The molecule has 1 saturated heterocycles. The third kappa shape index (κ3) is 5.93. The van der Waals surface area contributed by atoms with E-state index in [0.717, 1.165) is 39.0 Å². The molecular formula is C22H34FNO. The van der Waals surface area contributed by atoms with Gasteiger partial charge in [0.05, 0.1) is 6.10 Å². The molecule has 25 heavy (non-hydrogen) atoms. The number of ether oxygens (including phenoxy) is 1. The van der Waals surface area contributed by atoms with Crippen molar-refractivity contribution in [3.8, 4) is 0 Å². The molecule has 140 valence electrons. The van der Waals surface area contributed by atoms with E-state index >= 15 is 0 Å². The summed E-state index contributed by atoms with van der Waals surface area (Å²) in [6.45, 7) is 13.9. The highest BCUT2D eigenvalue weighted by atomic mass is 19.1. The molecule has 1 atom stereocenters. The van der Waals surface area contributed by atoms with Crippen molar-refractivity contribution in [1.82, 2.24) is 4.90 Å². The van der Waals surface area contributed by atoms with Crippen molar-refractivity contribution >= 4 is 0 Å². The topological polar surface area (TPSA) is 12.5 Å². The summed E-state index contributed by atoms with van der Waals surface area (Å²) in [7, 11) is 0. The lowest BCUT2D eigenvalue weighted by Gasteiger charge is -2.40. The van der Waals surface area contributed by atoms with E-state index in [1.54, 1.807) is 12.1 Å². The first-order chi connectivity index (χ1) is 11.8. The molecule has 3 heteroatoms. The molecule has 0 spiro atoms. The maximum atomic E-state index is 13.3. The maximum absolute atomic E-state index is 13.3. The van der Waals surface area contributed by atoms with E-state index in [-0.39, 0.29) is 11.2 Å². The van der Waals surface area contributed by atoms with Gasteiger partial charge in [0.2, 0.25) is 0 Å². The Morgan fingerprint density at radius 1 is 1.24 bits per heavy atom. The first-order valence-corrected chi connectivity index (χ1v) is 9.58. The van der Waals surface area contributed by atoms with Crippen LogP contribution in [0.25, 0.3) is 0 Å². The molecule has 0 aliphatic carbocycles. The quantitative estimate of drug-likeness (QED) is 0.618. The van der Waals surface area contributed by atoms with Crippen LogP contribution in [0.2, 0.25) is 0 Å². The summed E-state index contributed by atoms with van der Waals surface area (Å²) in [5.74, 6) is -0.168. The molecule has 1 aromatic carbocycles. The minimum absolute atomic E-state index is 0.00108. The van der Waals surface area contributed by atoms with Gasteiger partial charge in [0.1, 0.15) is 5.82 Å². The summed E-state index contributed by atoms with van der Waals surface area (Å²) in [5.41, 5.74) is 2.55. The molecule has 0 amide bonds. The molecule has 0 saturated carbocycles. The van der Waals surface area contributed by atoms with Crippen LogP contribution in [0, 0.1) is 5.82 Å². The van der Waals surface area contributed by atoms with Crippen LogP contribution < -0.4 is 0 Å². The summed E-state index contributed by atoms with van der Waals surface area (Å²) in [5, 5.41) is 0. The average Bonchev–Trinajstić information content (AvgIpc) is 2.55. The monoisotopic (exact) mass is 347 g/mol. The van der Waals surface area contributed by atoms with E-state index in [9.17, 15) is 4.39 Å². The van der Waals surface area contributed by atoms with Crippen LogP contribution in [0.1, 0.15) is 59.4 Å². The molecule has 2 rings (SSSR count). The van der Waals surface area contributed by atoms with Gasteiger partial charge in [-0.1, -0.05) is 37.6 Å². The van der Waals surface area contributed by atoms with Gasteiger partial charge < -0.3 is 4.74 Å². The van der Waals surface area contributed by atoms with Gasteiger partial charge in [-0.2, -0.15) is 0 Å². The molecule has 1 fully saturated rings. The van der Waals surface area contributed by atoms with Crippen molar-refractivity contribution < 1.29 is 9.13 Å². The molecule has 2 nitrogen and oxygen atoms in total. The van der Waals surface area contributed by atoms with Crippen LogP contribution >= 0.6 is 0 Å². The van der Waals surface area contributed by atoms with E-state index < -0.39 is 0 Å². The Morgan fingerprint density at radius 3 is 2.36 bits per heavy atom. The van der Waals surface area contributed by atoms with E-state index in [1.165, 1.54) is 11.1 Å². The molecule has 1 aromatic rings. The highest BCUT2D eigenvalue weighted by molar-refractivity contribution is 5.25. The standard InChI is InChI=1S/C22H34FNO/c1-6-25-21-11-13-24(14-12-21)20(15-17(2)3)16-22(4,5)18-7-9-19(23)10-8-18/h7-10,15,20-21H,6,11-14,16H2,1-5H3. The van der Waals surface area contributed by atoms with Gasteiger partial charge in [0.25, 0.3) is 0 Å². The van der Waals surface area contributed by atoms with Crippen LogP contribution in [-0.2, 0) is 10.2 Å². The summed E-state index contributed by atoms with van der Waals surface area (Å²) >= 11 is 0. The zero-order chi connectivity index (χ0) is 18.4. The number of piperidine rings is 1. The second-order valence-electron chi connectivity index (χ2n) is 8.10. The minimum Gasteiger partial charge on any atom is -0.378 e. The van der Waals surface area contributed by atoms with Crippen molar-refractivity contribution in [2.75, 3.05) is 19.7 Å². The number of allylic oxidation sites excluding steroid dienone is 1. The molecule has 0 N–H and O–H groups in total. The van der Waals surface area contributed by atoms with Crippen molar-refractivity contribution in [2.24, 2.45) is 0 Å². The number of benzene rings is 1. The molecule has 1 heterocycles. The Labute approximate surface area is 153 Å². The second kappa shape index (κ2) is 8.95. The normalized spacial score (nSPS) is 18.2. The van der Waals surface area contributed by atoms with E-state index in [0.29, 0.717) is 12.1 Å². The fourth-order valence-electron chi connectivity index (χ4n) is 3.83. The lowest BCUT2D eigenvalue weighted by Crippen LogP contribution is -2.45. The van der Waals surface area contributed by atoms with Gasteiger partial charge in [-0.05, 0) is 63.1 Å². The lowest BCUT2D eigenvalue weighted by atomic mass is 9.78. The summed E-state index contributed by atoms with van der Waals surface area (Å²) < 4.78 is 19.1. The fourth-order valence-corrected chi connectivity index (χ4v) is 3.83. The van der Waals surface area contributed by atoms with Crippen LogP contribution in [0.15, 0.2) is 35.9 Å². The van der Waals surface area contributed by atoms with Gasteiger partial charge in [0, 0.05) is 25.7 Å². The third-order valence-electron chi connectivity index (χ3n) is 5.22. The van der Waals surface area contributed by atoms with Crippen LogP contribution in [0.4, 0.5) is 4.39 Å². The van der Waals surface area contributed by atoms with Crippen molar-refractivity contribution in [3.05, 3.63) is 47.3 Å². The number of likely N-dealkylation sites (tertiary alicyclic amines) is 1. The highest BCUT2D eigenvalue weighted by Crippen LogP contribution is 2.32. The Kier molecular flexibility index (Phi) is 7.21. The molecule has 0 aromatic heterocycles.